The minimum Gasteiger partial charge on any atom is -0.385 e. The summed E-state index contributed by atoms with van der Waals surface area (Å²) < 4.78 is 0. The van der Waals surface area contributed by atoms with Crippen molar-refractivity contribution in [2.45, 2.75) is 25.9 Å². The van der Waals surface area contributed by atoms with Gasteiger partial charge in [0, 0.05) is 24.9 Å². The van der Waals surface area contributed by atoms with E-state index in [1.165, 1.54) is 0 Å². The lowest BCUT2D eigenvalue weighted by Gasteiger charge is -2.45. The Hall–Kier alpha value is -1.11. The van der Waals surface area contributed by atoms with Gasteiger partial charge in [-0.2, -0.15) is 5.26 Å². The van der Waals surface area contributed by atoms with Gasteiger partial charge in [-0.3, -0.25) is 0 Å². The van der Waals surface area contributed by atoms with E-state index in [2.05, 4.69) is 25.2 Å². The fraction of sp³-hybridized carbons (Fsp3) is 0.643. The molecule has 0 amide bonds. The van der Waals surface area contributed by atoms with Crippen molar-refractivity contribution >= 4 is 0 Å². The van der Waals surface area contributed by atoms with Gasteiger partial charge in [0.05, 0.1) is 17.6 Å². The molecule has 1 fully saturated rings. The number of nitrogens with zero attached hydrogens (tertiary/aromatic N) is 1. The molecular weight excluding hydrogens is 212 g/mol. The number of nitriles is 1. The number of hydrogen-bond acceptors (Lipinski definition) is 3. The fourth-order valence-corrected chi connectivity index (χ4v) is 2.90. The van der Waals surface area contributed by atoms with Crippen molar-refractivity contribution in [3.05, 3.63) is 23.8 Å². The molecule has 0 aromatic heterocycles. The highest BCUT2D eigenvalue weighted by molar-refractivity contribution is 5.36. The Morgan fingerprint density at radius 2 is 2.06 bits per heavy atom. The summed E-state index contributed by atoms with van der Waals surface area (Å²) in [6, 6.07) is 2.24. The third kappa shape index (κ3) is 2.03. The number of hydrogen-bond donors (Lipinski definition) is 2. The number of nitrogens with one attached hydrogen (secondary N) is 1. The van der Waals surface area contributed by atoms with Crippen LogP contribution in [0.3, 0.4) is 0 Å². The van der Waals surface area contributed by atoms with Crippen LogP contribution >= 0.6 is 0 Å². The standard InChI is InChI=1S/C14H20N2O/c1-10-8-16-9-11(2)14(10,17)13-5-3-12(7-15)4-6-13/h3,5-6,10-12,16-17H,4,8-9H2,1-2H3. The lowest BCUT2D eigenvalue weighted by molar-refractivity contribution is -0.0390. The van der Waals surface area contributed by atoms with Crippen LogP contribution in [0.1, 0.15) is 20.3 Å². The maximum atomic E-state index is 10.9. The molecule has 0 aromatic carbocycles. The van der Waals surface area contributed by atoms with Gasteiger partial charge in [-0.1, -0.05) is 32.1 Å². The van der Waals surface area contributed by atoms with E-state index in [0.29, 0.717) is 0 Å². The Morgan fingerprint density at radius 3 is 2.53 bits per heavy atom. The van der Waals surface area contributed by atoms with Crippen molar-refractivity contribution in [2.75, 3.05) is 13.1 Å². The third-order valence-corrected chi connectivity index (χ3v) is 4.13. The molecular formula is C14H20N2O. The van der Waals surface area contributed by atoms with E-state index in [4.69, 9.17) is 5.26 Å². The molecule has 3 atom stereocenters. The largest absolute Gasteiger partial charge is 0.385 e. The van der Waals surface area contributed by atoms with E-state index in [-0.39, 0.29) is 17.8 Å². The van der Waals surface area contributed by atoms with Gasteiger partial charge in [0.15, 0.2) is 0 Å². The summed E-state index contributed by atoms with van der Waals surface area (Å²) in [6.45, 7) is 5.84. The highest BCUT2D eigenvalue weighted by Gasteiger charge is 2.44. The average molecular weight is 232 g/mol. The molecule has 3 heteroatoms. The van der Waals surface area contributed by atoms with Gasteiger partial charge < -0.3 is 10.4 Å². The number of rotatable bonds is 1. The van der Waals surface area contributed by atoms with Crippen LogP contribution in [0.25, 0.3) is 0 Å². The van der Waals surface area contributed by atoms with Crippen LogP contribution in [-0.4, -0.2) is 23.8 Å². The first kappa shape index (κ1) is 12.3. The summed E-state index contributed by atoms with van der Waals surface area (Å²) in [6.07, 6.45) is 6.61. The topological polar surface area (TPSA) is 56.0 Å². The van der Waals surface area contributed by atoms with Crippen molar-refractivity contribution in [1.82, 2.24) is 5.32 Å². The summed E-state index contributed by atoms with van der Waals surface area (Å²) in [7, 11) is 0. The first-order chi connectivity index (χ1) is 8.09. The lowest BCUT2D eigenvalue weighted by atomic mass is 9.69. The molecule has 0 spiro atoms. The van der Waals surface area contributed by atoms with Crippen molar-refractivity contribution in [1.29, 1.82) is 5.26 Å². The molecule has 0 bridgehead atoms. The molecule has 0 aromatic rings. The Labute approximate surface area is 103 Å². The van der Waals surface area contributed by atoms with E-state index >= 15 is 0 Å². The third-order valence-electron chi connectivity index (χ3n) is 4.13. The zero-order chi connectivity index (χ0) is 12.5. The van der Waals surface area contributed by atoms with Crippen molar-refractivity contribution in [2.24, 2.45) is 17.8 Å². The number of allylic oxidation sites excluding steroid dienone is 2. The predicted octanol–water partition coefficient (Wildman–Crippen LogP) is 1.62. The van der Waals surface area contributed by atoms with E-state index in [1.54, 1.807) is 0 Å². The summed E-state index contributed by atoms with van der Waals surface area (Å²) in [4.78, 5) is 0. The predicted molar refractivity (Wildman–Crippen MR) is 67.1 cm³/mol. The molecule has 2 rings (SSSR count). The minimum absolute atomic E-state index is 0.0327. The minimum atomic E-state index is -0.748. The van der Waals surface area contributed by atoms with Crippen molar-refractivity contribution in [3.63, 3.8) is 0 Å². The van der Waals surface area contributed by atoms with Crippen LogP contribution < -0.4 is 5.32 Å². The summed E-state index contributed by atoms with van der Waals surface area (Å²) in [5.74, 6) is 0.358. The first-order valence-electron chi connectivity index (χ1n) is 6.30. The fourth-order valence-electron chi connectivity index (χ4n) is 2.90. The molecule has 2 N–H and O–H groups in total. The van der Waals surface area contributed by atoms with E-state index < -0.39 is 5.60 Å². The highest BCUT2D eigenvalue weighted by atomic mass is 16.3. The monoisotopic (exact) mass is 232 g/mol. The molecule has 1 aliphatic heterocycles. The average Bonchev–Trinajstić information content (AvgIpc) is 2.36. The Bertz CT molecular complexity index is 382. The van der Waals surface area contributed by atoms with Crippen LogP contribution in [0.15, 0.2) is 23.8 Å². The van der Waals surface area contributed by atoms with Crippen LogP contribution in [0.2, 0.25) is 0 Å². The lowest BCUT2D eigenvalue weighted by Crippen LogP contribution is -2.56. The van der Waals surface area contributed by atoms with Crippen LogP contribution in [-0.2, 0) is 0 Å². The highest BCUT2D eigenvalue weighted by Crippen LogP contribution is 2.38. The summed E-state index contributed by atoms with van der Waals surface area (Å²) in [5.41, 5.74) is 0.243. The van der Waals surface area contributed by atoms with Gasteiger partial charge in [-0.25, -0.2) is 0 Å². The maximum absolute atomic E-state index is 10.9. The maximum Gasteiger partial charge on any atom is 0.0968 e. The first-order valence-corrected chi connectivity index (χ1v) is 6.30. The molecule has 1 aliphatic carbocycles. The second kappa shape index (κ2) is 4.64. The van der Waals surface area contributed by atoms with E-state index in [9.17, 15) is 5.11 Å². The van der Waals surface area contributed by atoms with Crippen LogP contribution in [0.4, 0.5) is 0 Å². The van der Waals surface area contributed by atoms with Gasteiger partial charge in [0.2, 0.25) is 0 Å². The zero-order valence-electron chi connectivity index (χ0n) is 10.5. The van der Waals surface area contributed by atoms with Gasteiger partial charge >= 0.3 is 0 Å². The second-order valence-corrected chi connectivity index (χ2v) is 5.28. The quantitative estimate of drug-likeness (QED) is 0.722. The van der Waals surface area contributed by atoms with Crippen molar-refractivity contribution in [3.8, 4) is 6.07 Å². The molecule has 92 valence electrons. The van der Waals surface area contributed by atoms with Gasteiger partial charge in [-0.15, -0.1) is 0 Å². The molecule has 2 aliphatic rings. The second-order valence-electron chi connectivity index (χ2n) is 5.28. The van der Waals surface area contributed by atoms with Crippen LogP contribution in [0.5, 0.6) is 0 Å². The number of aliphatic hydroxyl groups is 1. The van der Waals surface area contributed by atoms with E-state index in [1.807, 2.05) is 18.2 Å². The molecule has 1 saturated heterocycles. The normalized spacial score (nSPS) is 41.8. The Kier molecular flexibility index (Phi) is 3.37. The molecule has 1 heterocycles. The molecule has 3 nitrogen and oxygen atoms in total. The van der Waals surface area contributed by atoms with Crippen LogP contribution in [0, 0.1) is 29.1 Å². The number of piperidine rings is 1. The zero-order valence-corrected chi connectivity index (χ0v) is 10.5. The van der Waals surface area contributed by atoms with Gasteiger partial charge in [-0.05, 0) is 12.0 Å². The van der Waals surface area contributed by atoms with Crippen molar-refractivity contribution < 1.29 is 5.11 Å². The molecule has 17 heavy (non-hydrogen) atoms. The Morgan fingerprint density at radius 1 is 1.41 bits per heavy atom. The van der Waals surface area contributed by atoms with Gasteiger partial charge in [0.1, 0.15) is 0 Å². The Balaban J connectivity index is 2.24. The SMILES string of the molecule is CC1CNCC(C)C1(O)C1=CCC(C#N)C=C1. The van der Waals surface area contributed by atoms with Gasteiger partial charge in [0.25, 0.3) is 0 Å². The molecule has 3 unspecified atom stereocenters. The van der Waals surface area contributed by atoms with E-state index in [0.717, 1.165) is 25.1 Å². The summed E-state index contributed by atoms with van der Waals surface area (Å²) >= 11 is 0. The molecule has 0 radical (unpaired) electrons. The molecule has 0 saturated carbocycles. The smallest absolute Gasteiger partial charge is 0.0968 e. The summed E-state index contributed by atoms with van der Waals surface area (Å²) in [5, 5.41) is 23.1.